The molecule has 0 bridgehead atoms. The molecule has 19 heavy (non-hydrogen) atoms. The lowest BCUT2D eigenvalue weighted by atomic mass is 10.5. The predicted octanol–water partition coefficient (Wildman–Crippen LogP) is 3.06. The third-order valence-corrected chi connectivity index (χ3v) is 3.44. The van der Waals surface area contributed by atoms with Crippen LogP contribution in [0.3, 0.4) is 0 Å². The summed E-state index contributed by atoms with van der Waals surface area (Å²) in [5.74, 6) is 1.00. The first-order valence-electron chi connectivity index (χ1n) is 5.17. The molecule has 0 aromatic carbocycles. The van der Waals surface area contributed by atoms with Crippen molar-refractivity contribution in [2.45, 2.75) is 0 Å². The van der Waals surface area contributed by atoms with Crippen LogP contribution in [0.2, 0.25) is 0 Å². The SMILES string of the molecule is COCOc1cccnc1I.Oc1cccnc1I. The Morgan fingerprint density at radius 1 is 1.11 bits per heavy atom. The van der Waals surface area contributed by atoms with E-state index in [1.54, 1.807) is 31.6 Å². The van der Waals surface area contributed by atoms with Gasteiger partial charge in [-0.15, -0.1) is 0 Å². The van der Waals surface area contributed by atoms with Crippen LogP contribution in [-0.4, -0.2) is 29.0 Å². The first-order chi connectivity index (χ1) is 9.15. The van der Waals surface area contributed by atoms with Gasteiger partial charge in [-0.3, -0.25) is 0 Å². The maximum atomic E-state index is 8.85. The second-order valence-electron chi connectivity index (χ2n) is 3.16. The van der Waals surface area contributed by atoms with E-state index in [9.17, 15) is 0 Å². The molecule has 2 heterocycles. The van der Waals surface area contributed by atoms with Crippen molar-refractivity contribution in [2.75, 3.05) is 13.9 Å². The number of aromatic nitrogens is 2. The molecular weight excluding hydrogens is 474 g/mol. The van der Waals surface area contributed by atoms with Gasteiger partial charge in [0.25, 0.3) is 0 Å². The van der Waals surface area contributed by atoms with Gasteiger partial charge in [0.1, 0.15) is 13.2 Å². The topological polar surface area (TPSA) is 64.5 Å². The highest BCUT2D eigenvalue weighted by Gasteiger charge is 1.98. The summed E-state index contributed by atoms with van der Waals surface area (Å²) in [6.07, 6.45) is 3.36. The molecule has 0 aliphatic carbocycles. The highest BCUT2D eigenvalue weighted by molar-refractivity contribution is 14.1. The van der Waals surface area contributed by atoms with E-state index in [0.29, 0.717) is 3.70 Å². The Kier molecular flexibility index (Phi) is 7.98. The first kappa shape index (κ1) is 16.4. The van der Waals surface area contributed by atoms with Crippen LogP contribution in [0.1, 0.15) is 0 Å². The van der Waals surface area contributed by atoms with Crippen LogP contribution in [0.5, 0.6) is 11.5 Å². The normalized spacial score (nSPS) is 9.42. The van der Waals surface area contributed by atoms with E-state index in [2.05, 4.69) is 32.6 Å². The van der Waals surface area contributed by atoms with Crippen molar-refractivity contribution in [3.63, 3.8) is 0 Å². The van der Waals surface area contributed by atoms with E-state index in [-0.39, 0.29) is 12.5 Å². The molecule has 0 aliphatic rings. The molecule has 0 unspecified atom stereocenters. The van der Waals surface area contributed by atoms with E-state index in [1.165, 1.54) is 0 Å². The monoisotopic (exact) mass is 486 g/mol. The van der Waals surface area contributed by atoms with Crippen LogP contribution >= 0.6 is 45.2 Å². The number of ether oxygens (including phenoxy) is 2. The molecule has 0 atom stereocenters. The number of pyridine rings is 2. The maximum Gasteiger partial charge on any atom is 0.188 e. The molecule has 0 fully saturated rings. The number of nitrogens with zero attached hydrogens (tertiary/aromatic N) is 2. The average molecular weight is 486 g/mol. The van der Waals surface area contributed by atoms with Crippen LogP contribution in [0.4, 0.5) is 0 Å². The van der Waals surface area contributed by atoms with Gasteiger partial charge >= 0.3 is 0 Å². The Morgan fingerprint density at radius 3 is 2.21 bits per heavy atom. The Balaban J connectivity index is 0.000000200. The summed E-state index contributed by atoms with van der Waals surface area (Å²) >= 11 is 4.07. The van der Waals surface area contributed by atoms with Crippen LogP contribution in [0.25, 0.3) is 0 Å². The minimum atomic E-state index is 0.244. The van der Waals surface area contributed by atoms with Gasteiger partial charge in [0.15, 0.2) is 12.5 Å². The van der Waals surface area contributed by atoms with Gasteiger partial charge in [0, 0.05) is 19.5 Å². The van der Waals surface area contributed by atoms with Crippen LogP contribution in [-0.2, 0) is 4.74 Å². The molecule has 1 N–H and O–H groups in total. The van der Waals surface area contributed by atoms with Crippen molar-refractivity contribution >= 4 is 45.2 Å². The van der Waals surface area contributed by atoms with Crippen LogP contribution in [0, 0.1) is 7.40 Å². The lowest BCUT2D eigenvalue weighted by molar-refractivity contribution is 0.0502. The molecule has 0 spiro atoms. The van der Waals surface area contributed by atoms with E-state index < -0.39 is 0 Å². The number of hydrogen-bond donors (Lipinski definition) is 1. The zero-order chi connectivity index (χ0) is 14.1. The van der Waals surface area contributed by atoms with Crippen LogP contribution < -0.4 is 4.74 Å². The Hall–Kier alpha value is -0.680. The summed E-state index contributed by atoms with van der Waals surface area (Å²) in [5, 5.41) is 8.85. The minimum Gasteiger partial charge on any atom is -0.505 e. The van der Waals surface area contributed by atoms with Gasteiger partial charge in [-0.2, -0.15) is 0 Å². The second-order valence-corrected chi connectivity index (χ2v) is 5.20. The number of hydrogen-bond acceptors (Lipinski definition) is 5. The predicted molar refractivity (Wildman–Crippen MR) is 88.1 cm³/mol. The molecule has 102 valence electrons. The highest BCUT2D eigenvalue weighted by atomic mass is 127. The summed E-state index contributed by atoms with van der Waals surface area (Å²) in [4.78, 5) is 7.85. The molecular formula is C12H12I2N2O3. The molecule has 0 saturated carbocycles. The molecule has 2 rings (SSSR count). The van der Waals surface area contributed by atoms with Crippen molar-refractivity contribution < 1.29 is 14.6 Å². The second kappa shape index (κ2) is 9.26. The smallest absolute Gasteiger partial charge is 0.188 e. The van der Waals surface area contributed by atoms with Crippen molar-refractivity contribution in [1.82, 2.24) is 9.97 Å². The van der Waals surface area contributed by atoms with Crippen molar-refractivity contribution in [1.29, 1.82) is 0 Å². The minimum absolute atomic E-state index is 0.244. The van der Waals surface area contributed by atoms with Gasteiger partial charge in [0.2, 0.25) is 0 Å². The molecule has 0 saturated heterocycles. The highest BCUT2D eigenvalue weighted by Crippen LogP contribution is 2.16. The summed E-state index contributed by atoms with van der Waals surface area (Å²) in [7, 11) is 1.59. The lowest BCUT2D eigenvalue weighted by Gasteiger charge is -2.04. The fraction of sp³-hybridized carbons (Fsp3) is 0.167. The molecule has 2 aromatic rings. The molecule has 2 aromatic heterocycles. The number of rotatable bonds is 3. The fourth-order valence-corrected chi connectivity index (χ4v) is 1.82. The maximum absolute atomic E-state index is 8.85. The molecule has 0 radical (unpaired) electrons. The number of methoxy groups -OCH3 is 1. The third-order valence-electron chi connectivity index (χ3n) is 1.80. The Bertz CT molecular complexity index is 491. The van der Waals surface area contributed by atoms with Crippen LogP contribution in [0.15, 0.2) is 36.7 Å². The average Bonchev–Trinajstić information content (AvgIpc) is 2.42. The Labute approximate surface area is 138 Å². The zero-order valence-electron chi connectivity index (χ0n) is 10.1. The lowest BCUT2D eigenvalue weighted by Crippen LogP contribution is -2.00. The van der Waals surface area contributed by atoms with Gasteiger partial charge in [-0.25, -0.2) is 9.97 Å². The Morgan fingerprint density at radius 2 is 1.74 bits per heavy atom. The van der Waals surface area contributed by atoms with Gasteiger partial charge in [-0.1, -0.05) is 0 Å². The zero-order valence-corrected chi connectivity index (χ0v) is 14.4. The molecule has 7 heteroatoms. The fourth-order valence-electron chi connectivity index (χ4n) is 0.979. The van der Waals surface area contributed by atoms with Gasteiger partial charge in [-0.05, 0) is 69.4 Å². The summed E-state index contributed by atoms with van der Waals surface area (Å²) in [6, 6.07) is 6.98. The van der Waals surface area contributed by atoms with Crippen molar-refractivity contribution in [2.24, 2.45) is 0 Å². The summed E-state index contributed by atoms with van der Waals surface area (Å²) in [6.45, 7) is 0.266. The quantitative estimate of drug-likeness (QED) is 0.411. The first-order valence-corrected chi connectivity index (χ1v) is 7.32. The van der Waals surface area contributed by atoms with E-state index in [1.807, 2.05) is 34.7 Å². The van der Waals surface area contributed by atoms with Gasteiger partial charge < -0.3 is 14.6 Å². The molecule has 0 amide bonds. The number of halogens is 2. The number of aromatic hydroxyl groups is 1. The standard InChI is InChI=1S/C7H8INO2.C5H4INO/c1-10-5-11-6-3-2-4-9-7(6)8;6-5-4(8)2-1-3-7-5/h2-4H,5H2,1H3;1-3,8H. The van der Waals surface area contributed by atoms with Gasteiger partial charge in [0.05, 0.1) is 0 Å². The van der Waals surface area contributed by atoms with E-state index >= 15 is 0 Å². The summed E-state index contributed by atoms with van der Waals surface area (Å²) in [5.41, 5.74) is 0. The van der Waals surface area contributed by atoms with E-state index in [4.69, 9.17) is 14.6 Å². The molecule has 0 aliphatic heterocycles. The summed E-state index contributed by atoms with van der Waals surface area (Å²) < 4.78 is 11.4. The largest absolute Gasteiger partial charge is 0.505 e. The van der Waals surface area contributed by atoms with Crippen molar-refractivity contribution in [3.05, 3.63) is 44.1 Å². The van der Waals surface area contributed by atoms with Crippen molar-refractivity contribution in [3.8, 4) is 11.5 Å². The molecule has 5 nitrogen and oxygen atoms in total. The third kappa shape index (κ3) is 6.34. The van der Waals surface area contributed by atoms with E-state index in [0.717, 1.165) is 9.45 Å².